The number of anilines is 1. The quantitative estimate of drug-likeness (QED) is 0.626. The minimum atomic E-state index is -1.00. The molecule has 1 heterocycles. The van der Waals surface area contributed by atoms with Crippen molar-refractivity contribution in [3.63, 3.8) is 0 Å². The molecule has 0 saturated heterocycles. The molecule has 1 amide bonds. The van der Waals surface area contributed by atoms with Crippen LogP contribution in [-0.4, -0.2) is 29.5 Å². The molecule has 3 N–H and O–H groups in total. The zero-order valence-electron chi connectivity index (χ0n) is 11.4. The van der Waals surface area contributed by atoms with Crippen LogP contribution in [0.2, 0.25) is 15.2 Å². The first-order valence-corrected chi connectivity index (χ1v) is 7.21. The van der Waals surface area contributed by atoms with Gasteiger partial charge in [0.1, 0.15) is 5.02 Å². The molecular weight excluding hydrogens is 341 g/mol. The third-order valence-corrected chi connectivity index (χ3v) is 3.60. The van der Waals surface area contributed by atoms with Crippen LogP contribution in [0, 0.1) is 0 Å². The van der Waals surface area contributed by atoms with Gasteiger partial charge in [-0.3, -0.25) is 4.79 Å². The molecule has 0 unspecified atom stereocenters. The minimum absolute atomic E-state index is 0.0491. The number of aromatic nitrogens is 1. The number of amides is 1. The summed E-state index contributed by atoms with van der Waals surface area (Å²) in [6.07, 6.45) is -0.235. The first kappa shape index (κ1) is 17.8. The van der Waals surface area contributed by atoms with Gasteiger partial charge in [0.05, 0.1) is 10.7 Å². The summed E-state index contributed by atoms with van der Waals surface area (Å²) < 4.78 is 4.97. The van der Waals surface area contributed by atoms with Crippen molar-refractivity contribution in [3.05, 3.63) is 20.9 Å². The Morgan fingerprint density at radius 1 is 1.33 bits per heavy atom. The number of esters is 1. The summed E-state index contributed by atoms with van der Waals surface area (Å²) in [5.41, 5.74) is 5.23. The van der Waals surface area contributed by atoms with Crippen LogP contribution in [0.1, 0.15) is 30.8 Å². The highest BCUT2D eigenvalue weighted by Gasteiger charge is 2.24. The van der Waals surface area contributed by atoms with Crippen LogP contribution in [0.15, 0.2) is 0 Å². The summed E-state index contributed by atoms with van der Waals surface area (Å²) in [7, 11) is 0. The van der Waals surface area contributed by atoms with Gasteiger partial charge >= 0.3 is 5.97 Å². The molecule has 0 aliphatic rings. The van der Waals surface area contributed by atoms with Gasteiger partial charge in [-0.1, -0.05) is 41.7 Å². The zero-order valence-corrected chi connectivity index (χ0v) is 13.6. The van der Waals surface area contributed by atoms with Gasteiger partial charge in [0.25, 0.3) is 5.91 Å². The van der Waals surface area contributed by atoms with E-state index in [0.717, 1.165) is 6.42 Å². The van der Waals surface area contributed by atoms with Crippen molar-refractivity contribution in [2.45, 2.75) is 26.4 Å². The van der Waals surface area contributed by atoms with E-state index in [4.69, 9.17) is 45.3 Å². The monoisotopic (exact) mass is 353 g/mol. The fourth-order valence-corrected chi connectivity index (χ4v) is 1.91. The largest absolute Gasteiger partial charge is 0.448 e. The fraction of sp³-hybridized carbons (Fsp3) is 0.417. The Kier molecular flexibility index (Phi) is 6.51. The van der Waals surface area contributed by atoms with Crippen LogP contribution in [0.3, 0.4) is 0 Å². The smallest absolute Gasteiger partial charge is 0.359 e. The van der Waals surface area contributed by atoms with Gasteiger partial charge in [-0.25, -0.2) is 9.78 Å². The van der Waals surface area contributed by atoms with Gasteiger partial charge in [-0.15, -0.1) is 0 Å². The summed E-state index contributed by atoms with van der Waals surface area (Å²) in [6, 6.07) is 0. The number of hydrogen-bond acceptors (Lipinski definition) is 5. The van der Waals surface area contributed by atoms with Crippen molar-refractivity contribution in [3.8, 4) is 0 Å². The van der Waals surface area contributed by atoms with E-state index < -0.39 is 18.0 Å². The summed E-state index contributed by atoms with van der Waals surface area (Å²) in [5.74, 6) is -1.33. The van der Waals surface area contributed by atoms with E-state index in [2.05, 4.69) is 10.3 Å². The van der Waals surface area contributed by atoms with E-state index in [1.807, 2.05) is 6.92 Å². The van der Waals surface area contributed by atoms with E-state index in [1.165, 1.54) is 6.92 Å². The number of nitrogens with zero attached hydrogens (tertiary/aromatic N) is 1. The van der Waals surface area contributed by atoms with Crippen molar-refractivity contribution < 1.29 is 14.3 Å². The predicted molar refractivity (Wildman–Crippen MR) is 81.9 cm³/mol. The maximum Gasteiger partial charge on any atom is 0.359 e. The SMILES string of the molecule is CCCNC(=O)[C@H](C)OC(=O)c1nc(Cl)c(Cl)c(N)c1Cl. The second-order valence-corrected chi connectivity index (χ2v) is 5.25. The molecule has 21 heavy (non-hydrogen) atoms. The molecule has 0 aliphatic carbocycles. The molecule has 0 spiro atoms. The van der Waals surface area contributed by atoms with Gasteiger partial charge in [0.15, 0.2) is 17.0 Å². The Bertz CT molecular complexity index is 566. The summed E-state index contributed by atoms with van der Waals surface area (Å²) >= 11 is 17.4. The molecule has 6 nitrogen and oxygen atoms in total. The number of ether oxygens (including phenoxy) is 1. The molecule has 1 atom stereocenters. The van der Waals surface area contributed by atoms with Crippen LogP contribution in [0.4, 0.5) is 5.69 Å². The molecule has 1 rings (SSSR count). The Labute approximate surface area is 136 Å². The molecule has 0 radical (unpaired) electrons. The lowest BCUT2D eigenvalue weighted by Gasteiger charge is -2.14. The highest BCUT2D eigenvalue weighted by Crippen LogP contribution is 2.34. The van der Waals surface area contributed by atoms with Gasteiger partial charge in [0, 0.05) is 6.54 Å². The van der Waals surface area contributed by atoms with Crippen LogP contribution >= 0.6 is 34.8 Å². The van der Waals surface area contributed by atoms with E-state index in [-0.39, 0.29) is 26.6 Å². The standard InChI is InChI=1S/C12H14Cl3N3O3/c1-3-4-17-11(19)5(2)21-12(20)9-6(13)8(16)7(14)10(15)18-9/h5H,3-4H2,1-2H3,(H2,16,18)(H,17,19)/t5-/m0/s1. The lowest BCUT2D eigenvalue weighted by Crippen LogP contribution is -2.36. The lowest BCUT2D eigenvalue weighted by molar-refractivity contribution is -0.129. The fourth-order valence-electron chi connectivity index (χ4n) is 1.33. The zero-order chi connectivity index (χ0) is 16.2. The Morgan fingerprint density at radius 3 is 2.52 bits per heavy atom. The van der Waals surface area contributed by atoms with Crippen molar-refractivity contribution in [1.82, 2.24) is 10.3 Å². The van der Waals surface area contributed by atoms with E-state index >= 15 is 0 Å². The number of carbonyl (C=O) groups excluding carboxylic acids is 2. The number of carbonyl (C=O) groups is 2. The molecule has 0 saturated carbocycles. The van der Waals surface area contributed by atoms with Gasteiger partial charge in [-0.2, -0.15) is 0 Å². The third kappa shape index (κ3) is 4.36. The number of hydrogen-bond donors (Lipinski definition) is 2. The Balaban J connectivity index is 2.88. The molecule has 0 bridgehead atoms. The molecule has 0 aliphatic heterocycles. The van der Waals surface area contributed by atoms with E-state index in [9.17, 15) is 9.59 Å². The number of rotatable bonds is 5. The molecule has 0 fully saturated rings. The summed E-state index contributed by atoms with van der Waals surface area (Å²) in [6.45, 7) is 3.82. The highest BCUT2D eigenvalue weighted by atomic mass is 35.5. The average Bonchev–Trinajstić information content (AvgIpc) is 2.45. The van der Waals surface area contributed by atoms with Crippen molar-refractivity contribution >= 4 is 52.4 Å². The third-order valence-electron chi connectivity index (χ3n) is 2.47. The van der Waals surface area contributed by atoms with Crippen LogP contribution < -0.4 is 11.1 Å². The average molecular weight is 355 g/mol. The second-order valence-electron chi connectivity index (χ2n) is 4.13. The molecule has 1 aromatic heterocycles. The first-order chi connectivity index (χ1) is 9.79. The van der Waals surface area contributed by atoms with Crippen LogP contribution in [0.25, 0.3) is 0 Å². The van der Waals surface area contributed by atoms with Crippen molar-refractivity contribution in [1.29, 1.82) is 0 Å². The normalized spacial score (nSPS) is 11.9. The highest BCUT2D eigenvalue weighted by molar-refractivity contribution is 6.46. The van der Waals surface area contributed by atoms with Gasteiger partial charge < -0.3 is 15.8 Å². The number of nitrogen functional groups attached to an aromatic ring is 1. The predicted octanol–water partition coefficient (Wildman–Crippen LogP) is 2.70. The Hall–Kier alpha value is -1.24. The molecule has 116 valence electrons. The number of nitrogens with one attached hydrogen (secondary N) is 1. The lowest BCUT2D eigenvalue weighted by atomic mass is 10.3. The van der Waals surface area contributed by atoms with E-state index in [1.54, 1.807) is 0 Å². The number of nitrogens with two attached hydrogens (primary N) is 1. The number of halogens is 3. The van der Waals surface area contributed by atoms with Gasteiger partial charge in [-0.05, 0) is 13.3 Å². The van der Waals surface area contributed by atoms with E-state index in [0.29, 0.717) is 6.54 Å². The number of pyridine rings is 1. The minimum Gasteiger partial charge on any atom is -0.448 e. The molecule has 9 heteroatoms. The maximum atomic E-state index is 12.0. The maximum absolute atomic E-state index is 12.0. The topological polar surface area (TPSA) is 94.3 Å². The Morgan fingerprint density at radius 2 is 1.95 bits per heavy atom. The second kappa shape index (κ2) is 7.68. The summed E-state index contributed by atoms with van der Waals surface area (Å²) in [5, 5.41) is 2.20. The van der Waals surface area contributed by atoms with Crippen LogP contribution in [-0.2, 0) is 9.53 Å². The summed E-state index contributed by atoms with van der Waals surface area (Å²) in [4.78, 5) is 27.3. The molecule has 0 aromatic carbocycles. The van der Waals surface area contributed by atoms with Gasteiger partial charge in [0.2, 0.25) is 0 Å². The molecular formula is C12H14Cl3N3O3. The first-order valence-electron chi connectivity index (χ1n) is 6.08. The van der Waals surface area contributed by atoms with Crippen molar-refractivity contribution in [2.24, 2.45) is 0 Å². The van der Waals surface area contributed by atoms with Crippen molar-refractivity contribution in [2.75, 3.05) is 12.3 Å². The van der Waals surface area contributed by atoms with Crippen LogP contribution in [0.5, 0.6) is 0 Å². The molecule has 1 aromatic rings.